The van der Waals surface area contributed by atoms with Crippen molar-refractivity contribution in [2.45, 2.75) is 0 Å². The maximum atomic E-state index is 13.3. The number of hydrogen-bond acceptors (Lipinski definition) is 4. The van der Waals surface area contributed by atoms with Crippen LogP contribution in [0.4, 0.5) is 14.5 Å². The molecule has 0 unspecified atom stereocenters. The topological polar surface area (TPSA) is 68.3 Å². The van der Waals surface area contributed by atoms with E-state index in [1.54, 1.807) is 0 Å². The molecule has 0 aliphatic carbocycles. The van der Waals surface area contributed by atoms with E-state index in [4.69, 9.17) is 16.3 Å². The van der Waals surface area contributed by atoms with Crippen molar-refractivity contribution in [3.05, 3.63) is 58.9 Å². The minimum absolute atomic E-state index is 0.00456. The van der Waals surface area contributed by atoms with E-state index in [-0.39, 0.29) is 16.4 Å². The second-order valence-corrected chi connectivity index (χ2v) is 4.45. The molecule has 1 aromatic heterocycles. The van der Waals surface area contributed by atoms with Gasteiger partial charge in [-0.2, -0.15) is 0 Å². The summed E-state index contributed by atoms with van der Waals surface area (Å²) >= 11 is 5.70. The number of anilines is 1. The highest BCUT2D eigenvalue weighted by Gasteiger charge is 2.15. The first-order chi connectivity index (χ1) is 10.5. The van der Waals surface area contributed by atoms with E-state index < -0.39 is 30.1 Å². The third kappa shape index (κ3) is 3.98. The smallest absolute Gasteiger partial charge is 0.341 e. The number of hydrogen-bond donors (Lipinski definition) is 1. The van der Waals surface area contributed by atoms with Crippen molar-refractivity contribution in [3.63, 3.8) is 0 Å². The molecular weight excluding hydrogens is 318 g/mol. The van der Waals surface area contributed by atoms with Gasteiger partial charge in [0.05, 0.1) is 11.3 Å². The molecule has 0 spiro atoms. The summed E-state index contributed by atoms with van der Waals surface area (Å²) in [6.07, 6.45) is 1.39. The molecule has 0 saturated carbocycles. The van der Waals surface area contributed by atoms with Crippen LogP contribution in [-0.4, -0.2) is 23.5 Å². The molecule has 5 nitrogen and oxygen atoms in total. The van der Waals surface area contributed by atoms with E-state index >= 15 is 0 Å². The minimum atomic E-state index is -0.935. The van der Waals surface area contributed by atoms with Crippen LogP contribution < -0.4 is 5.32 Å². The molecular formula is C14H9ClF2N2O3. The van der Waals surface area contributed by atoms with Crippen LogP contribution in [0.2, 0.25) is 5.15 Å². The van der Waals surface area contributed by atoms with Crippen molar-refractivity contribution in [1.82, 2.24) is 4.98 Å². The van der Waals surface area contributed by atoms with E-state index in [0.29, 0.717) is 6.07 Å². The number of rotatable bonds is 4. The molecule has 1 heterocycles. The number of nitrogens with zero attached hydrogens (tertiary/aromatic N) is 1. The largest absolute Gasteiger partial charge is 0.452 e. The SMILES string of the molecule is O=C(COC(=O)c1cccnc1Cl)Nc1ccc(F)cc1F. The molecule has 1 amide bonds. The third-order valence-electron chi connectivity index (χ3n) is 2.52. The summed E-state index contributed by atoms with van der Waals surface area (Å²) in [5, 5.41) is 2.09. The Bertz CT molecular complexity index is 725. The first-order valence-corrected chi connectivity index (χ1v) is 6.37. The predicted octanol–water partition coefficient (Wildman–Crippen LogP) is 2.81. The van der Waals surface area contributed by atoms with E-state index in [1.165, 1.54) is 18.3 Å². The molecule has 0 saturated heterocycles. The van der Waals surface area contributed by atoms with Gasteiger partial charge in [0.2, 0.25) is 0 Å². The zero-order chi connectivity index (χ0) is 16.1. The summed E-state index contributed by atoms with van der Waals surface area (Å²) in [6, 6.07) is 5.53. The lowest BCUT2D eigenvalue weighted by Gasteiger charge is -2.08. The number of nitrogens with one attached hydrogen (secondary N) is 1. The number of esters is 1. The Kier molecular flexibility index (Phi) is 5.00. The number of halogens is 3. The van der Waals surface area contributed by atoms with Crippen LogP contribution in [-0.2, 0) is 9.53 Å². The van der Waals surface area contributed by atoms with Gasteiger partial charge in [-0.05, 0) is 24.3 Å². The molecule has 0 aliphatic heterocycles. The minimum Gasteiger partial charge on any atom is -0.452 e. The van der Waals surface area contributed by atoms with Gasteiger partial charge in [0, 0.05) is 12.3 Å². The number of pyridine rings is 1. The predicted molar refractivity (Wildman–Crippen MR) is 74.5 cm³/mol. The van der Waals surface area contributed by atoms with Gasteiger partial charge in [-0.25, -0.2) is 18.6 Å². The highest BCUT2D eigenvalue weighted by atomic mass is 35.5. The van der Waals surface area contributed by atoms with Crippen LogP contribution in [0.3, 0.4) is 0 Å². The van der Waals surface area contributed by atoms with Crippen LogP contribution in [0.1, 0.15) is 10.4 Å². The summed E-state index contributed by atoms with van der Waals surface area (Å²) in [4.78, 5) is 27.0. The van der Waals surface area contributed by atoms with E-state index in [0.717, 1.165) is 12.1 Å². The fraction of sp³-hybridized carbons (Fsp3) is 0.0714. The van der Waals surface area contributed by atoms with Crippen LogP contribution in [0, 0.1) is 11.6 Å². The molecule has 2 rings (SSSR count). The van der Waals surface area contributed by atoms with Gasteiger partial charge in [0.15, 0.2) is 6.61 Å². The van der Waals surface area contributed by atoms with E-state index in [2.05, 4.69) is 10.3 Å². The van der Waals surface area contributed by atoms with Gasteiger partial charge < -0.3 is 10.1 Å². The van der Waals surface area contributed by atoms with Crippen LogP contribution >= 0.6 is 11.6 Å². The van der Waals surface area contributed by atoms with Crippen molar-refractivity contribution in [3.8, 4) is 0 Å². The molecule has 0 atom stereocenters. The maximum absolute atomic E-state index is 13.3. The molecule has 0 bridgehead atoms. The Morgan fingerprint density at radius 1 is 1.27 bits per heavy atom. The lowest BCUT2D eigenvalue weighted by molar-refractivity contribution is -0.119. The Morgan fingerprint density at radius 2 is 2.05 bits per heavy atom. The third-order valence-corrected chi connectivity index (χ3v) is 2.82. The van der Waals surface area contributed by atoms with Crippen LogP contribution in [0.15, 0.2) is 36.5 Å². The van der Waals surface area contributed by atoms with E-state index in [1.807, 2.05) is 0 Å². The fourth-order valence-corrected chi connectivity index (χ4v) is 1.72. The number of ether oxygens (including phenoxy) is 1. The van der Waals surface area contributed by atoms with Crippen molar-refractivity contribution in [1.29, 1.82) is 0 Å². The van der Waals surface area contributed by atoms with Crippen LogP contribution in [0.5, 0.6) is 0 Å². The number of carbonyl (C=O) groups excluding carboxylic acids is 2. The summed E-state index contributed by atoms with van der Waals surface area (Å²) in [5.74, 6) is -3.32. The number of amides is 1. The average Bonchev–Trinajstić information content (AvgIpc) is 2.48. The quantitative estimate of drug-likeness (QED) is 0.693. The van der Waals surface area contributed by atoms with Gasteiger partial charge in [-0.15, -0.1) is 0 Å². The fourth-order valence-electron chi connectivity index (χ4n) is 1.52. The monoisotopic (exact) mass is 326 g/mol. The Balaban J connectivity index is 1.93. The standard InChI is InChI=1S/C14H9ClF2N2O3/c15-13-9(2-1-5-18-13)14(21)22-7-12(20)19-11-4-3-8(16)6-10(11)17/h1-6H,7H2,(H,19,20). The average molecular weight is 327 g/mol. The van der Waals surface area contributed by atoms with Crippen molar-refractivity contribution >= 4 is 29.2 Å². The number of benzene rings is 1. The summed E-state index contributed by atoms with van der Waals surface area (Å²) in [5.41, 5.74) is -0.216. The molecule has 0 fully saturated rings. The molecule has 2 aromatic rings. The van der Waals surface area contributed by atoms with Crippen molar-refractivity contribution < 1.29 is 23.1 Å². The Morgan fingerprint density at radius 3 is 2.73 bits per heavy atom. The zero-order valence-electron chi connectivity index (χ0n) is 11.0. The second-order valence-electron chi connectivity index (χ2n) is 4.09. The van der Waals surface area contributed by atoms with Gasteiger partial charge >= 0.3 is 5.97 Å². The normalized spacial score (nSPS) is 10.1. The van der Waals surface area contributed by atoms with Crippen molar-refractivity contribution in [2.75, 3.05) is 11.9 Å². The summed E-state index contributed by atoms with van der Waals surface area (Å²) in [7, 11) is 0. The molecule has 22 heavy (non-hydrogen) atoms. The molecule has 8 heteroatoms. The molecule has 1 N–H and O–H groups in total. The van der Waals surface area contributed by atoms with E-state index in [9.17, 15) is 18.4 Å². The lowest BCUT2D eigenvalue weighted by atomic mass is 10.3. The van der Waals surface area contributed by atoms with Crippen molar-refractivity contribution in [2.24, 2.45) is 0 Å². The zero-order valence-corrected chi connectivity index (χ0v) is 11.7. The molecule has 114 valence electrons. The van der Waals surface area contributed by atoms with Gasteiger partial charge in [-0.1, -0.05) is 11.6 Å². The highest BCUT2D eigenvalue weighted by molar-refractivity contribution is 6.32. The molecule has 0 radical (unpaired) electrons. The molecule has 0 aliphatic rings. The van der Waals surface area contributed by atoms with Gasteiger partial charge in [0.1, 0.15) is 16.8 Å². The highest BCUT2D eigenvalue weighted by Crippen LogP contribution is 2.15. The maximum Gasteiger partial charge on any atom is 0.341 e. The number of carbonyl (C=O) groups is 2. The Labute approximate surface area is 128 Å². The van der Waals surface area contributed by atoms with Gasteiger partial charge in [0.25, 0.3) is 5.91 Å². The van der Waals surface area contributed by atoms with Crippen LogP contribution in [0.25, 0.3) is 0 Å². The lowest BCUT2D eigenvalue weighted by Crippen LogP contribution is -2.21. The number of aromatic nitrogens is 1. The summed E-state index contributed by atoms with van der Waals surface area (Å²) in [6.45, 7) is -0.652. The first kappa shape index (κ1) is 15.8. The van der Waals surface area contributed by atoms with Gasteiger partial charge in [-0.3, -0.25) is 4.79 Å². The first-order valence-electron chi connectivity index (χ1n) is 6.00. The summed E-state index contributed by atoms with van der Waals surface area (Å²) < 4.78 is 30.8. The Hall–Kier alpha value is -2.54. The molecule has 1 aromatic carbocycles. The second kappa shape index (κ2) is 6.95.